The van der Waals surface area contributed by atoms with E-state index in [1.807, 2.05) is 6.92 Å². The topological polar surface area (TPSA) is 89.0 Å². The highest BCUT2D eigenvalue weighted by Gasteiger charge is 2.12. The van der Waals surface area contributed by atoms with Gasteiger partial charge in [0.2, 0.25) is 0 Å². The zero-order valence-corrected chi connectivity index (χ0v) is 16.8. The van der Waals surface area contributed by atoms with Crippen molar-refractivity contribution >= 4 is 15.8 Å². The number of benzene rings is 1. The van der Waals surface area contributed by atoms with E-state index in [1.54, 1.807) is 19.2 Å². The number of ether oxygens (including phenoxy) is 2. The van der Waals surface area contributed by atoms with Crippen LogP contribution >= 0.6 is 0 Å². The maximum absolute atomic E-state index is 12.5. The van der Waals surface area contributed by atoms with E-state index in [2.05, 4.69) is 20.4 Å². The summed E-state index contributed by atoms with van der Waals surface area (Å²) in [6, 6.07) is 4.78. The van der Waals surface area contributed by atoms with Crippen molar-refractivity contribution in [2.75, 3.05) is 32.7 Å². The molecule has 1 rings (SSSR count). The van der Waals surface area contributed by atoms with Gasteiger partial charge in [-0.25, -0.2) is 8.42 Å². The number of nitrogens with zero attached hydrogens (tertiary/aromatic N) is 1. The molecule has 0 aliphatic heterocycles. The smallest absolute Gasteiger partial charge is 0.387 e. The van der Waals surface area contributed by atoms with Crippen molar-refractivity contribution < 1.29 is 26.7 Å². The molecule has 0 aliphatic rings. The van der Waals surface area contributed by atoms with Crippen molar-refractivity contribution in [3.63, 3.8) is 0 Å². The third-order valence-corrected chi connectivity index (χ3v) is 4.66. The highest BCUT2D eigenvalue weighted by molar-refractivity contribution is 7.90. The monoisotopic (exact) mass is 407 g/mol. The van der Waals surface area contributed by atoms with Crippen molar-refractivity contribution in [2.45, 2.75) is 32.4 Å². The average molecular weight is 407 g/mol. The molecule has 0 saturated heterocycles. The second-order valence-electron chi connectivity index (χ2n) is 6.08. The lowest BCUT2D eigenvalue weighted by atomic mass is 10.1. The summed E-state index contributed by atoms with van der Waals surface area (Å²) in [5.41, 5.74) is 0.791. The van der Waals surface area contributed by atoms with Crippen LogP contribution in [0, 0.1) is 0 Å². The molecule has 7 nitrogen and oxygen atoms in total. The van der Waals surface area contributed by atoms with E-state index in [0.717, 1.165) is 5.56 Å². The standard InChI is InChI=1S/C17H27F2N3O4S/c1-12(8-10-27(4,23)24)22-17(20-2)21-9-7-13-5-6-14(25-3)15(11-13)26-16(18)19/h5-6,11-12,16H,7-10H2,1-4H3,(H2,20,21,22). The van der Waals surface area contributed by atoms with Gasteiger partial charge >= 0.3 is 6.61 Å². The lowest BCUT2D eigenvalue weighted by Crippen LogP contribution is -2.43. The predicted octanol–water partition coefficient (Wildman–Crippen LogP) is 1.83. The van der Waals surface area contributed by atoms with Crippen LogP contribution in [0.1, 0.15) is 18.9 Å². The van der Waals surface area contributed by atoms with Crippen molar-refractivity contribution in [1.29, 1.82) is 0 Å². The van der Waals surface area contributed by atoms with E-state index < -0.39 is 16.4 Å². The Morgan fingerprint density at radius 2 is 2.00 bits per heavy atom. The van der Waals surface area contributed by atoms with Crippen molar-refractivity contribution in [2.24, 2.45) is 4.99 Å². The Morgan fingerprint density at radius 3 is 2.56 bits per heavy atom. The number of alkyl halides is 2. The van der Waals surface area contributed by atoms with Crippen molar-refractivity contribution in [3.8, 4) is 11.5 Å². The third kappa shape index (κ3) is 9.41. The molecule has 0 heterocycles. The van der Waals surface area contributed by atoms with E-state index in [9.17, 15) is 17.2 Å². The van der Waals surface area contributed by atoms with Gasteiger partial charge in [-0.05, 0) is 37.5 Å². The van der Waals surface area contributed by atoms with Gasteiger partial charge in [0.25, 0.3) is 0 Å². The van der Waals surface area contributed by atoms with Gasteiger partial charge in [-0.1, -0.05) is 6.07 Å². The largest absolute Gasteiger partial charge is 0.493 e. The van der Waals surface area contributed by atoms with Gasteiger partial charge in [-0.3, -0.25) is 4.99 Å². The molecule has 1 atom stereocenters. The molecule has 27 heavy (non-hydrogen) atoms. The number of sulfone groups is 1. The Kier molecular flexibility index (Phi) is 9.27. The summed E-state index contributed by atoms with van der Waals surface area (Å²) < 4.78 is 56.9. The van der Waals surface area contributed by atoms with Crippen molar-refractivity contribution in [3.05, 3.63) is 23.8 Å². The van der Waals surface area contributed by atoms with Gasteiger partial charge < -0.3 is 20.1 Å². The maximum Gasteiger partial charge on any atom is 0.387 e. The average Bonchev–Trinajstić information content (AvgIpc) is 2.58. The van der Waals surface area contributed by atoms with E-state index in [4.69, 9.17) is 4.74 Å². The van der Waals surface area contributed by atoms with Crippen LogP contribution in [0.15, 0.2) is 23.2 Å². The lowest BCUT2D eigenvalue weighted by molar-refractivity contribution is -0.0512. The molecule has 0 aromatic heterocycles. The van der Waals surface area contributed by atoms with Gasteiger partial charge in [0.1, 0.15) is 9.84 Å². The molecule has 10 heteroatoms. The summed E-state index contributed by atoms with van der Waals surface area (Å²) in [5.74, 6) is 0.858. The first kappa shape index (κ1) is 22.9. The fourth-order valence-electron chi connectivity index (χ4n) is 2.28. The van der Waals surface area contributed by atoms with Crippen molar-refractivity contribution in [1.82, 2.24) is 10.6 Å². The number of hydrogen-bond donors (Lipinski definition) is 2. The summed E-state index contributed by atoms with van der Waals surface area (Å²) >= 11 is 0. The first-order valence-corrected chi connectivity index (χ1v) is 10.5. The first-order valence-electron chi connectivity index (χ1n) is 8.41. The molecular formula is C17H27F2N3O4S. The molecular weight excluding hydrogens is 380 g/mol. The minimum atomic E-state index is -3.01. The van der Waals surface area contributed by atoms with Crippen LogP contribution in [0.4, 0.5) is 8.78 Å². The second-order valence-corrected chi connectivity index (χ2v) is 8.34. The fraction of sp³-hybridized carbons (Fsp3) is 0.588. The molecule has 0 radical (unpaired) electrons. The number of methoxy groups -OCH3 is 1. The molecule has 2 N–H and O–H groups in total. The highest BCUT2D eigenvalue weighted by atomic mass is 32.2. The molecule has 154 valence electrons. The quantitative estimate of drug-likeness (QED) is 0.454. The van der Waals surface area contributed by atoms with Crippen LogP contribution in [0.3, 0.4) is 0 Å². The number of hydrogen-bond acceptors (Lipinski definition) is 5. The van der Waals surface area contributed by atoms with Crippen LogP contribution in [0.2, 0.25) is 0 Å². The number of halogens is 2. The SMILES string of the molecule is CN=C(NCCc1ccc(OC)c(OC(F)F)c1)NC(C)CCS(C)(=O)=O. The Balaban J connectivity index is 2.55. The zero-order valence-electron chi connectivity index (χ0n) is 16.0. The van der Waals surface area contributed by atoms with E-state index in [1.165, 1.54) is 19.4 Å². The predicted molar refractivity (Wildman–Crippen MR) is 102 cm³/mol. The number of guanidine groups is 1. The second kappa shape index (κ2) is 10.9. The normalized spacial score (nSPS) is 13.4. The molecule has 1 unspecified atom stereocenters. The molecule has 1 aromatic rings. The van der Waals surface area contributed by atoms with Crippen LogP contribution in [0.5, 0.6) is 11.5 Å². The van der Waals surface area contributed by atoms with Crippen LogP contribution in [0.25, 0.3) is 0 Å². The van der Waals surface area contributed by atoms with Gasteiger partial charge in [-0.15, -0.1) is 0 Å². The van der Waals surface area contributed by atoms with E-state index in [-0.39, 0.29) is 23.3 Å². The van der Waals surface area contributed by atoms with E-state index in [0.29, 0.717) is 25.3 Å². The van der Waals surface area contributed by atoms with Crippen LogP contribution in [-0.2, 0) is 16.3 Å². The number of rotatable bonds is 10. The highest BCUT2D eigenvalue weighted by Crippen LogP contribution is 2.29. The summed E-state index contributed by atoms with van der Waals surface area (Å²) in [7, 11) is -0.0129. The summed E-state index contributed by atoms with van der Waals surface area (Å²) in [5, 5.41) is 6.22. The molecule has 0 fully saturated rings. The molecule has 0 saturated carbocycles. The first-order chi connectivity index (χ1) is 12.6. The molecule has 0 aliphatic carbocycles. The Bertz CT molecular complexity index is 727. The van der Waals surface area contributed by atoms with Gasteiger partial charge in [0.05, 0.1) is 12.9 Å². The Morgan fingerprint density at radius 1 is 1.30 bits per heavy atom. The van der Waals surface area contributed by atoms with Crippen LogP contribution in [-0.4, -0.2) is 59.7 Å². The zero-order chi connectivity index (χ0) is 20.4. The van der Waals surface area contributed by atoms with Gasteiger partial charge in [-0.2, -0.15) is 8.78 Å². The summed E-state index contributed by atoms with van der Waals surface area (Å²) in [4.78, 5) is 4.09. The van der Waals surface area contributed by atoms with Gasteiger partial charge in [0.15, 0.2) is 17.5 Å². The maximum atomic E-state index is 12.5. The molecule has 1 aromatic carbocycles. The third-order valence-electron chi connectivity index (χ3n) is 3.68. The molecule has 0 bridgehead atoms. The Hall–Kier alpha value is -2.10. The summed E-state index contributed by atoms with van der Waals surface area (Å²) in [6.07, 6.45) is 2.21. The minimum absolute atomic E-state index is 0.0121. The minimum Gasteiger partial charge on any atom is -0.493 e. The fourth-order valence-corrected chi connectivity index (χ4v) is 3.06. The summed E-state index contributed by atoms with van der Waals surface area (Å²) in [6.45, 7) is -0.558. The number of nitrogens with one attached hydrogen (secondary N) is 2. The van der Waals surface area contributed by atoms with Gasteiger partial charge in [0, 0.05) is 25.9 Å². The van der Waals surface area contributed by atoms with E-state index >= 15 is 0 Å². The van der Waals surface area contributed by atoms with Crippen LogP contribution < -0.4 is 20.1 Å². The lowest BCUT2D eigenvalue weighted by Gasteiger charge is -2.18. The number of aliphatic imine (C=N–C) groups is 1. The molecule has 0 amide bonds. The Labute approximate surface area is 159 Å². The molecule has 0 spiro atoms.